The summed E-state index contributed by atoms with van der Waals surface area (Å²) in [6.45, 7) is 1.90. The van der Waals surface area contributed by atoms with E-state index in [1.807, 2.05) is 48.1 Å². The molecule has 1 atom stereocenters. The van der Waals surface area contributed by atoms with Crippen molar-refractivity contribution >= 4 is 23.2 Å². The summed E-state index contributed by atoms with van der Waals surface area (Å²) < 4.78 is 15.5. The van der Waals surface area contributed by atoms with Gasteiger partial charge in [-0.3, -0.25) is 4.79 Å². The predicted molar refractivity (Wildman–Crippen MR) is 98.4 cm³/mol. The van der Waals surface area contributed by atoms with Crippen LogP contribution >= 0.6 is 11.6 Å². The lowest BCUT2D eigenvalue weighted by Gasteiger charge is -2.20. The molecule has 3 aromatic rings. The fraction of sp³-hybridized carbons (Fsp3) is 0.150. The van der Waals surface area contributed by atoms with E-state index in [9.17, 15) is 9.18 Å². The van der Waals surface area contributed by atoms with Gasteiger partial charge in [0.1, 0.15) is 5.82 Å². The quantitative estimate of drug-likeness (QED) is 0.669. The molecule has 0 fully saturated rings. The van der Waals surface area contributed by atoms with Gasteiger partial charge in [0.05, 0.1) is 12.5 Å². The molecule has 1 heterocycles. The summed E-state index contributed by atoms with van der Waals surface area (Å²) in [7, 11) is 0. The van der Waals surface area contributed by atoms with Crippen LogP contribution in [0.15, 0.2) is 67.0 Å². The molecule has 0 spiro atoms. The van der Waals surface area contributed by atoms with Gasteiger partial charge >= 0.3 is 0 Å². The van der Waals surface area contributed by atoms with Gasteiger partial charge in [-0.15, -0.1) is 0 Å². The maximum atomic E-state index is 13.6. The highest BCUT2D eigenvalue weighted by molar-refractivity contribution is 6.31. The van der Waals surface area contributed by atoms with E-state index in [0.29, 0.717) is 10.7 Å². The van der Waals surface area contributed by atoms with Crippen LogP contribution in [-0.2, 0) is 4.79 Å². The molecule has 0 aliphatic rings. The first-order valence-corrected chi connectivity index (χ1v) is 8.34. The Hall–Kier alpha value is -2.59. The van der Waals surface area contributed by atoms with E-state index in [0.717, 1.165) is 11.1 Å². The molecule has 1 amide bonds. The molecule has 0 aliphatic carbocycles. The first-order valence-electron chi connectivity index (χ1n) is 7.97. The van der Waals surface area contributed by atoms with Crippen molar-refractivity contribution in [1.82, 2.24) is 4.57 Å². The number of halogens is 2. The molecule has 128 valence electrons. The van der Waals surface area contributed by atoms with Crippen molar-refractivity contribution in [3.63, 3.8) is 0 Å². The lowest BCUT2D eigenvalue weighted by Crippen LogP contribution is -2.20. The van der Waals surface area contributed by atoms with Crippen LogP contribution in [0.5, 0.6) is 0 Å². The fourth-order valence-corrected chi connectivity index (χ4v) is 2.94. The summed E-state index contributed by atoms with van der Waals surface area (Å²) in [4.78, 5) is 12.6. The van der Waals surface area contributed by atoms with E-state index >= 15 is 0 Å². The topological polar surface area (TPSA) is 34.0 Å². The van der Waals surface area contributed by atoms with Crippen LogP contribution in [-0.4, -0.2) is 10.5 Å². The van der Waals surface area contributed by atoms with E-state index in [4.69, 9.17) is 11.6 Å². The molecule has 0 saturated carbocycles. The predicted octanol–water partition coefficient (Wildman–Crippen LogP) is 5.21. The lowest BCUT2D eigenvalue weighted by atomic mass is 10.0. The highest BCUT2D eigenvalue weighted by Crippen LogP contribution is 2.25. The fourth-order valence-electron chi connectivity index (χ4n) is 2.77. The smallest absolute Gasteiger partial charge is 0.226 e. The zero-order valence-corrected chi connectivity index (χ0v) is 14.5. The maximum Gasteiger partial charge on any atom is 0.226 e. The average molecular weight is 357 g/mol. The molecule has 1 N–H and O–H groups in total. The van der Waals surface area contributed by atoms with E-state index in [1.165, 1.54) is 12.1 Å². The van der Waals surface area contributed by atoms with Crippen LogP contribution in [0, 0.1) is 12.7 Å². The molecular formula is C20H18ClFN2O. The summed E-state index contributed by atoms with van der Waals surface area (Å²) in [6.07, 6.45) is 3.92. The third-order valence-electron chi connectivity index (χ3n) is 4.07. The molecule has 2 aromatic carbocycles. The van der Waals surface area contributed by atoms with Gasteiger partial charge in [0.15, 0.2) is 0 Å². The summed E-state index contributed by atoms with van der Waals surface area (Å²) in [5, 5.41) is 3.46. The summed E-state index contributed by atoms with van der Waals surface area (Å²) in [5.74, 6) is -0.478. The Morgan fingerprint density at radius 2 is 1.92 bits per heavy atom. The largest absolute Gasteiger partial charge is 0.346 e. The number of hydrogen-bond donors (Lipinski definition) is 1. The van der Waals surface area contributed by atoms with Crippen LogP contribution in [0.25, 0.3) is 0 Å². The standard InChI is InChI=1S/C20H18ClFN2O/c1-14-7-8-16(21)12-18(14)23-20(25)13-19(24-9-2-3-10-24)15-5-4-6-17(22)11-15/h2-12,19H,13H2,1H3,(H,23,25)/t19-/m0/s1. The van der Waals surface area contributed by atoms with Crippen molar-refractivity contribution in [2.45, 2.75) is 19.4 Å². The number of benzene rings is 2. The van der Waals surface area contributed by atoms with Gasteiger partial charge in [-0.05, 0) is 54.4 Å². The minimum atomic E-state index is -0.319. The normalized spacial score (nSPS) is 12.0. The lowest BCUT2D eigenvalue weighted by molar-refractivity contribution is -0.116. The number of nitrogens with zero attached hydrogens (tertiary/aromatic N) is 1. The van der Waals surface area contributed by atoms with E-state index < -0.39 is 0 Å². The van der Waals surface area contributed by atoms with Crippen LogP contribution in [0.4, 0.5) is 10.1 Å². The molecule has 0 aliphatic heterocycles. The van der Waals surface area contributed by atoms with Gasteiger partial charge < -0.3 is 9.88 Å². The number of aryl methyl sites for hydroxylation is 1. The van der Waals surface area contributed by atoms with Gasteiger partial charge in [-0.1, -0.05) is 29.8 Å². The Morgan fingerprint density at radius 1 is 1.16 bits per heavy atom. The number of anilines is 1. The van der Waals surface area contributed by atoms with Gasteiger partial charge in [-0.25, -0.2) is 4.39 Å². The Morgan fingerprint density at radius 3 is 2.64 bits per heavy atom. The van der Waals surface area contributed by atoms with Crippen molar-refractivity contribution < 1.29 is 9.18 Å². The summed E-state index contributed by atoms with van der Waals surface area (Å²) >= 11 is 6.00. The van der Waals surface area contributed by atoms with Gasteiger partial charge in [0, 0.05) is 23.1 Å². The van der Waals surface area contributed by atoms with E-state index in [-0.39, 0.29) is 24.2 Å². The third-order valence-corrected chi connectivity index (χ3v) is 4.31. The molecular weight excluding hydrogens is 339 g/mol. The Balaban J connectivity index is 1.83. The van der Waals surface area contributed by atoms with Crippen molar-refractivity contribution in [1.29, 1.82) is 0 Å². The molecule has 5 heteroatoms. The highest BCUT2D eigenvalue weighted by atomic mass is 35.5. The van der Waals surface area contributed by atoms with Crippen molar-refractivity contribution in [3.8, 4) is 0 Å². The minimum absolute atomic E-state index is 0.159. The highest BCUT2D eigenvalue weighted by Gasteiger charge is 2.18. The van der Waals surface area contributed by atoms with Crippen LogP contribution in [0.3, 0.4) is 0 Å². The molecule has 1 aromatic heterocycles. The molecule has 0 saturated heterocycles. The van der Waals surface area contributed by atoms with Crippen LogP contribution in [0.1, 0.15) is 23.6 Å². The first kappa shape index (κ1) is 17.2. The monoisotopic (exact) mass is 356 g/mol. The molecule has 25 heavy (non-hydrogen) atoms. The number of carbonyl (C=O) groups is 1. The maximum absolute atomic E-state index is 13.6. The van der Waals surface area contributed by atoms with Gasteiger partial charge in [-0.2, -0.15) is 0 Å². The van der Waals surface area contributed by atoms with Crippen LogP contribution < -0.4 is 5.32 Å². The number of rotatable bonds is 5. The number of carbonyl (C=O) groups excluding carboxylic acids is 1. The Bertz CT molecular complexity index is 877. The molecule has 0 unspecified atom stereocenters. The van der Waals surface area contributed by atoms with Crippen molar-refractivity contribution in [3.05, 3.63) is 89.0 Å². The Labute approximate surface area is 151 Å². The zero-order valence-electron chi connectivity index (χ0n) is 13.7. The number of nitrogens with one attached hydrogen (secondary N) is 1. The average Bonchev–Trinajstić information content (AvgIpc) is 3.10. The molecule has 3 nitrogen and oxygen atoms in total. The molecule has 0 radical (unpaired) electrons. The van der Waals surface area contributed by atoms with Crippen molar-refractivity contribution in [2.75, 3.05) is 5.32 Å². The molecule has 0 bridgehead atoms. The van der Waals surface area contributed by atoms with Gasteiger partial charge in [0.25, 0.3) is 0 Å². The number of aromatic nitrogens is 1. The SMILES string of the molecule is Cc1ccc(Cl)cc1NC(=O)C[C@@H](c1cccc(F)c1)n1cccc1. The minimum Gasteiger partial charge on any atom is -0.346 e. The van der Waals surface area contributed by atoms with Gasteiger partial charge in [0.2, 0.25) is 5.91 Å². The zero-order chi connectivity index (χ0) is 17.8. The van der Waals surface area contributed by atoms with E-state index in [2.05, 4.69) is 5.32 Å². The third kappa shape index (κ3) is 4.28. The molecule has 3 rings (SSSR count). The second-order valence-electron chi connectivity index (χ2n) is 5.91. The van der Waals surface area contributed by atoms with Crippen LogP contribution in [0.2, 0.25) is 5.02 Å². The second kappa shape index (κ2) is 7.53. The summed E-state index contributed by atoms with van der Waals surface area (Å²) in [6, 6.07) is 15.2. The summed E-state index contributed by atoms with van der Waals surface area (Å²) in [5.41, 5.74) is 2.36. The number of hydrogen-bond acceptors (Lipinski definition) is 1. The van der Waals surface area contributed by atoms with E-state index in [1.54, 1.807) is 18.2 Å². The Kier molecular flexibility index (Phi) is 5.19. The van der Waals surface area contributed by atoms with Crippen molar-refractivity contribution in [2.24, 2.45) is 0 Å². The number of amides is 1. The first-order chi connectivity index (χ1) is 12.0. The second-order valence-corrected chi connectivity index (χ2v) is 6.35.